The second kappa shape index (κ2) is 4.44. The van der Waals surface area contributed by atoms with Gasteiger partial charge in [0.15, 0.2) is 23.5 Å². The monoisotopic (exact) mass is 397 g/mol. The topological polar surface area (TPSA) is 21.4 Å². The standard InChI is InChI=1S/C27H15N3O/c1-2-14-29-19(7-1)17-6-3-10-21-24(17)27(29)25-22(31-21)12-11-16-18-8-4-13-28(18)20-9-5-15-30(27)26(20)23(16)25/h1-15H/q+2. The van der Waals surface area contributed by atoms with Crippen molar-refractivity contribution < 1.29 is 13.9 Å². The summed E-state index contributed by atoms with van der Waals surface area (Å²) >= 11 is 0. The van der Waals surface area contributed by atoms with Gasteiger partial charge in [-0.15, -0.1) is 9.13 Å². The van der Waals surface area contributed by atoms with Gasteiger partial charge in [0, 0.05) is 29.8 Å². The van der Waals surface area contributed by atoms with Crippen molar-refractivity contribution in [3.63, 3.8) is 0 Å². The lowest BCUT2D eigenvalue weighted by Crippen LogP contribution is -2.71. The van der Waals surface area contributed by atoms with Crippen LogP contribution in [0.3, 0.4) is 0 Å². The maximum Gasteiger partial charge on any atom is 0.425 e. The first-order valence-electron chi connectivity index (χ1n) is 10.6. The third-order valence-corrected chi connectivity index (χ3v) is 7.44. The lowest BCUT2D eigenvalue weighted by molar-refractivity contribution is -0.950. The molecule has 0 bridgehead atoms. The fourth-order valence-electron chi connectivity index (χ4n) is 6.47. The molecule has 0 aliphatic carbocycles. The Morgan fingerprint density at radius 2 is 1.61 bits per heavy atom. The van der Waals surface area contributed by atoms with Gasteiger partial charge in [0.2, 0.25) is 11.2 Å². The Bertz CT molecular complexity index is 1830. The van der Waals surface area contributed by atoms with Crippen molar-refractivity contribution in [2.24, 2.45) is 0 Å². The lowest BCUT2D eigenvalue weighted by atomic mass is 9.86. The van der Waals surface area contributed by atoms with Crippen LogP contribution in [0.25, 0.3) is 38.6 Å². The molecule has 4 aromatic heterocycles. The number of fused-ring (bicyclic) bond motifs is 5. The second-order valence-electron chi connectivity index (χ2n) is 8.65. The van der Waals surface area contributed by atoms with Gasteiger partial charge < -0.3 is 9.14 Å². The maximum absolute atomic E-state index is 6.57. The number of hydrogen-bond donors (Lipinski definition) is 0. The van der Waals surface area contributed by atoms with Crippen LogP contribution in [0.4, 0.5) is 0 Å². The van der Waals surface area contributed by atoms with Crippen molar-refractivity contribution in [1.29, 1.82) is 0 Å². The van der Waals surface area contributed by atoms with Crippen molar-refractivity contribution in [1.82, 2.24) is 4.40 Å². The van der Waals surface area contributed by atoms with Gasteiger partial charge in [-0.05, 0) is 48.5 Å². The van der Waals surface area contributed by atoms with E-state index < -0.39 is 5.66 Å². The molecule has 0 saturated carbocycles. The molecule has 0 fully saturated rings. The highest BCUT2D eigenvalue weighted by molar-refractivity contribution is 6.14. The van der Waals surface area contributed by atoms with Crippen LogP contribution in [0.5, 0.6) is 11.5 Å². The summed E-state index contributed by atoms with van der Waals surface area (Å²) < 4.78 is 13.8. The molecule has 0 amide bonds. The van der Waals surface area contributed by atoms with Crippen molar-refractivity contribution in [3.05, 3.63) is 103 Å². The molecule has 3 aliphatic heterocycles. The van der Waals surface area contributed by atoms with Gasteiger partial charge in [0.25, 0.3) is 0 Å². The maximum atomic E-state index is 6.57. The summed E-state index contributed by atoms with van der Waals surface area (Å²) in [7, 11) is 0. The Morgan fingerprint density at radius 3 is 2.61 bits per heavy atom. The molecule has 142 valence electrons. The van der Waals surface area contributed by atoms with E-state index in [2.05, 4.69) is 105 Å². The first kappa shape index (κ1) is 14.7. The fourth-order valence-corrected chi connectivity index (χ4v) is 6.47. The Morgan fingerprint density at radius 1 is 0.710 bits per heavy atom. The molecule has 1 spiro atoms. The summed E-state index contributed by atoms with van der Waals surface area (Å²) in [4.78, 5) is 0. The minimum atomic E-state index is -0.475. The Labute approximate surface area is 176 Å². The van der Waals surface area contributed by atoms with Crippen molar-refractivity contribution in [2.45, 2.75) is 5.66 Å². The molecule has 31 heavy (non-hydrogen) atoms. The first-order valence-corrected chi connectivity index (χ1v) is 10.6. The molecule has 4 nitrogen and oxygen atoms in total. The summed E-state index contributed by atoms with van der Waals surface area (Å²) in [6, 6.07) is 26.0. The Balaban J connectivity index is 1.67. The highest BCUT2D eigenvalue weighted by atomic mass is 16.5. The lowest BCUT2D eigenvalue weighted by Gasteiger charge is -2.25. The largest absolute Gasteiger partial charge is 0.456 e. The second-order valence-corrected chi connectivity index (χ2v) is 8.65. The third kappa shape index (κ3) is 1.31. The van der Waals surface area contributed by atoms with Crippen LogP contribution >= 0.6 is 0 Å². The van der Waals surface area contributed by atoms with E-state index in [1.54, 1.807) is 0 Å². The Kier molecular flexibility index (Phi) is 2.11. The van der Waals surface area contributed by atoms with E-state index in [1.165, 1.54) is 49.7 Å². The summed E-state index contributed by atoms with van der Waals surface area (Å²) in [6.45, 7) is 0. The SMILES string of the molecule is c1cc2c3c(c1)-c1cccc[n+]1C31c3c(ccc4c3c3c(ccc[n+]31)n1cccc41)O2. The highest BCUT2D eigenvalue weighted by Crippen LogP contribution is 2.57. The quantitative estimate of drug-likeness (QED) is 0.272. The van der Waals surface area contributed by atoms with Crippen LogP contribution in [0.15, 0.2) is 91.4 Å². The van der Waals surface area contributed by atoms with Gasteiger partial charge in [0.1, 0.15) is 17.0 Å². The molecular formula is C27H15N3O+2. The average Bonchev–Trinajstić information content (AvgIpc) is 3.50. The summed E-state index contributed by atoms with van der Waals surface area (Å²) in [5.74, 6) is 1.89. The van der Waals surface area contributed by atoms with Crippen molar-refractivity contribution >= 4 is 27.3 Å². The number of ether oxygens (including phenoxy) is 1. The van der Waals surface area contributed by atoms with Crippen molar-refractivity contribution in [2.75, 3.05) is 0 Å². The number of aromatic nitrogens is 3. The van der Waals surface area contributed by atoms with E-state index in [9.17, 15) is 0 Å². The van der Waals surface area contributed by atoms with Crippen LogP contribution < -0.4 is 13.9 Å². The van der Waals surface area contributed by atoms with Gasteiger partial charge in [-0.25, -0.2) is 0 Å². The van der Waals surface area contributed by atoms with Crippen molar-refractivity contribution in [3.8, 4) is 22.8 Å². The smallest absolute Gasteiger partial charge is 0.425 e. The molecule has 0 N–H and O–H groups in total. The summed E-state index contributed by atoms with van der Waals surface area (Å²) in [5, 5.41) is 2.56. The minimum Gasteiger partial charge on any atom is -0.456 e. The normalized spacial score (nSPS) is 18.7. The van der Waals surface area contributed by atoms with E-state index in [4.69, 9.17) is 4.74 Å². The van der Waals surface area contributed by atoms with E-state index in [0.717, 1.165) is 11.5 Å². The molecule has 9 rings (SSSR count). The molecule has 1 unspecified atom stereocenters. The first-order chi connectivity index (χ1) is 15.4. The molecular weight excluding hydrogens is 382 g/mol. The zero-order valence-electron chi connectivity index (χ0n) is 16.4. The van der Waals surface area contributed by atoms with E-state index in [-0.39, 0.29) is 0 Å². The molecule has 0 radical (unpaired) electrons. The summed E-state index contributed by atoms with van der Waals surface area (Å²) in [6.07, 6.45) is 6.62. The van der Waals surface area contributed by atoms with Gasteiger partial charge >= 0.3 is 5.66 Å². The number of hydrogen-bond acceptors (Lipinski definition) is 1. The van der Waals surface area contributed by atoms with Crippen LogP contribution in [0.1, 0.15) is 11.1 Å². The molecule has 6 aromatic rings. The number of nitrogens with zero attached hydrogens (tertiary/aromatic N) is 3. The molecule has 4 heteroatoms. The van der Waals surface area contributed by atoms with Crippen LogP contribution in [-0.2, 0) is 5.66 Å². The van der Waals surface area contributed by atoms with Gasteiger partial charge in [-0.1, -0.05) is 6.07 Å². The predicted octanol–water partition coefficient (Wildman–Crippen LogP) is 4.52. The molecule has 1 atom stereocenters. The third-order valence-electron chi connectivity index (χ3n) is 7.44. The molecule has 3 aliphatic rings. The van der Waals surface area contributed by atoms with E-state index in [0.29, 0.717) is 0 Å². The number of benzene rings is 2. The predicted molar refractivity (Wildman–Crippen MR) is 116 cm³/mol. The van der Waals surface area contributed by atoms with Gasteiger partial charge in [-0.2, -0.15) is 0 Å². The average molecular weight is 397 g/mol. The highest BCUT2D eigenvalue weighted by Gasteiger charge is 2.70. The van der Waals surface area contributed by atoms with Crippen LogP contribution in [-0.4, -0.2) is 4.40 Å². The van der Waals surface area contributed by atoms with Crippen LogP contribution in [0.2, 0.25) is 0 Å². The number of pyridine rings is 3. The van der Waals surface area contributed by atoms with Gasteiger partial charge in [-0.3, -0.25) is 0 Å². The fraction of sp³-hybridized carbons (Fsp3) is 0.0370. The molecule has 2 aromatic carbocycles. The molecule has 0 saturated heterocycles. The van der Waals surface area contributed by atoms with Gasteiger partial charge in [0.05, 0.1) is 16.5 Å². The zero-order chi connectivity index (χ0) is 19.9. The molecule has 7 heterocycles. The number of rotatable bonds is 0. The van der Waals surface area contributed by atoms with E-state index in [1.807, 2.05) is 0 Å². The Hall–Kier alpha value is -4.18. The summed E-state index contributed by atoms with van der Waals surface area (Å²) in [5.41, 5.74) is 8.18. The minimum absolute atomic E-state index is 0.475. The van der Waals surface area contributed by atoms with E-state index >= 15 is 0 Å². The van der Waals surface area contributed by atoms with Crippen LogP contribution in [0, 0.1) is 0 Å². The zero-order valence-corrected chi connectivity index (χ0v) is 16.4.